The van der Waals surface area contributed by atoms with Crippen LogP contribution in [0.4, 0.5) is 5.69 Å². The van der Waals surface area contributed by atoms with Crippen molar-refractivity contribution in [2.45, 2.75) is 0 Å². The van der Waals surface area contributed by atoms with Crippen LogP contribution in [0, 0.1) is 0 Å². The molecule has 4 rings (SSSR count). The Balaban J connectivity index is 1.78. The maximum Gasteiger partial charge on any atom is 0.270 e. The van der Waals surface area contributed by atoms with Crippen molar-refractivity contribution in [3.8, 4) is 0 Å². The molecule has 0 aliphatic carbocycles. The van der Waals surface area contributed by atoms with Crippen molar-refractivity contribution in [3.05, 3.63) is 78.4 Å². The maximum atomic E-state index is 12.8. The van der Waals surface area contributed by atoms with Crippen molar-refractivity contribution in [1.82, 2.24) is 0 Å². The van der Waals surface area contributed by atoms with Crippen molar-refractivity contribution >= 4 is 91.7 Å². The predicted molar refractivity (Wildman–Crippen MR) is 120 cm³/mol. The zero-order valence-corrected chi connectivity index (χ0v) is 17.6. The highest BCUT2D eigenvalue weighted by molar-refractivity contribution is 8.27. The fraction of sp³-hybridized carbons (Fsp3) is 0. The largest absolute Gasteiger partial charge is 0.462 e. The molecule has 4 nitrogen and oxygen atoms in total. The van der Waals surface area contributed by atoms with Crippen LogP contribution in [-0.4, -0.2) is 10.2 Å². The second kappa shape index (κ2) is 7.54. The fourth-order valence-corrected chi connectivity index (χ4v) is 4.74. The number of hydrogen-bond donors (Lipinski definition) is 0. The van der Waals surface area contributed by atoms with E-state index in [2.05, 4.69) is 0 Å². The van der Waals surface area contributed by atoms with Crippen LogP contribution in [0.5, 0.6) is 0 Å². The zero-order chi connectivity index (χ0) is 20.0. The highest BCUT2D eigenvalue weighted by Gasteiger charge is 2.33. The van der Waals surface area contributed by atoms with Gasteiger partial charge < -0.3 is 4.42 Å². The third kappa shape index (κ3) is 3.47. The van der Waals surface area contributed by atoms with Crippen molar-refractivity contribution in [2.75, 3.05) is 4.90 Å². The molecule has 1 aromatic heterocycles. The molecule has 0 bridgehead atoms. The van der Waals surface area contributed by atoms with Crippen molar-refractivity contribution in [1.29, 1.82) is 0 Å². The summed E-state index contributed by atoms with van der Waals surface area (Å²) in [7, 11) is 0. The van der Waals surface area contributed by atoms with Gasteiger partial charge in [0.25, 0.3) is 5.91 Å². The standard InChI is InChI=1S/C19H8Cl3NO3S2/c20-10-2-1-3-12(5-10)23-18(25)15(28-19(23)27)4-9-8-26-17-13(16(9)24)6-11(21)7-14(17)22/h1-8H/b15-4+. The van der Waals surface area contributed by atoms with Gasteiger partial charge in [-0.15, -0.1) is 0 Å². The number of fused-ring (bicyclic) bond motifs is 1. The number of amides is 1. The Labute approximate surface area is 183 Å². The van der Waals surface area contributed by atoms with E-state index in [-0.39, 0.29) is 32.9 Å². The van der Waals surface area contributed by atoms with Crippen LogP contribution >= 0.6 is 58.8 Å². The quantitative estimate of drug-likeness (QED) is 0.333. The molecular formula is C19H8Cl3NO3S2. The molecule has 3 aromatic rings. The molecular weight excluding hydrogens is 461 g/mol. The molecule has 0 unspecified atom stereocenters. The number of halogens is 3. The molecule has 1 fully saturated rings. The summed E-state index contributed by atoms with van der Waals surface area (Å²) in [5, 5.41) is 1.27. The lowest BCUT2D eigenvalue weighted by atomic mass is 10.1. The Morgan fingerprint density at radius 3 is 2.61 bits per heavy atom. The summed E-state index contributed by atoms with van der Waals surface area (Å²) in [4.78, 5) is 27.3. The van der Waals surface area contributed by atoms with Gasteiger partial charge in [-0.1, -0.05) is 64.8 Å². The summed E-state index contributed by atoms with van der Waals surface area (Å²) in [6, 6.07) is 9.77. The van der Waals surface area contributed by atoms with Gasteiger partial charge in [0.15, 0.2) is 15.3 Å². The summed E-state index contributed by atoms with van der Waals surface area (Å²) < 4.78 is 5.83. The molecule has 0 radical (unpaired) electrons. The third-order valence-electron chi connectivity index (χ3n) is 3.97. The summed E-state index contributed by atoms with van der Waals surface area (Å²) >= 11 is 24.5. The first-order valence-electron chi connectivity index (χ1n) is 7.79. The number of thiocarbonyl (C=S) groups is 1. The number of nitrogens with zero attached hydrogens (tertiary/aromatic N) is 1. The lowest BCUT2D eigenvalue weighted by Crippen LogP contribution is -2.27. The van der Waals surface area contributed by atoms with E-state index in [1.165, 1.54) is 29.4 Å². The number of hydrogen-bond acceptors (Lipinski definition) is 5. The van der Waals surface area contributed by atoms with Crippen LogP contribution in [0.25, 0.3) is 17.0 Å². The molecule has 0 atom stereocenters. The van der Waals surface area contributed by atoms with E-state index in [0.29, 0.717) is 25.0 Å². The molecule has 0 N–H and O–H groups in total. The Morgan fingerprint density at radius 1 is 1.07 bits per heavy atom. The van der Waals surface area contributed by atoms with E-state index < -0.39 is 0 Å². The monoisotopic (exact) mass is 467 g/mol. The number of benzene rings is 2. The van der Waals surface area contributed by atoms with E-state index >= 15 is 0 Å². The molecule has 1 amide bonds. The van der Waals surface area contributed by atoms with Gasteiger partial charge in [-0.3, -0.25) is 14.5 Å². The topological polar surface area (TPSA) is 50.5 Å². The number of anilines is 1. The first-order chi connectivity index (χ1) is 13.3. The Hall–Kier alpha value is -1.83. The Morgan fingerprint density at radius 2 is 1.86 bits per heavy atom. The van der Waals surface area contributed by atoms with Gasteiger partial charge in [0, 0.05) is 10.0 Å². The second-order valence-electron chi connectivity index (χ2n) is 5.78. The summed E-state index contributed by atoms with van der Waals surface area (Å²) in [6.07, 6.45) is 2.71. The van der Waals surface area contributed by atoms with Crippen molar-refractivity contribution < 1.29 is 9.21 Å². The highest BCUT2D eigenvalue weighted by atomic mass is 35.5. The molecule has 1 saturated heterocycles. The van der Waals surface area contributed by atoms with Gasteiger partial charge in [0.2, 0.25) is 0 Å². The average Bonchev–Trinajstić information content (AvgIpc) is 2.91. The summed E-state index contributed by atoms with van der Waals surface area (Å²) in [5.74, 6) is -0.346. The molecule has 2 aromatic carbocycles. The van der Waals surface area contributed by atoms with Crippen LogP contribution < -0.4 is 10.3 Å². The molecule has 1 aliphatic rings. The minimum Gasteiger partial charge on any atom is -0.462 e. The lowest BCUT2D eigenvalue weighted by molar-refractivity contribution is -0.113. The van der Waals surface area contributed by atoms with Gasteiger partial charge in [0.05, 0.1) is 26.6 Å². The van der Waals surface area contributed by atoms with E-state index in [1.807, 2.05) is 0 Å². The van der Waals surface area contributed by atoms with Gasteiger partial charge >= 0.3 is 0 Å². The Bertz CT molecular complexity index is 1250. The van der Waals surface area contributed by atoms with E-state index in [0.717, 1.165) is 11.8 Å². The molecule has 28 heavy (non-hydrogen) atoms. The van der Waals surface area contributed by atoms with Gasteiger partial charge in [-0.25, -0.2) is 0 Å². The second-order valence-corrected chi connectivity index (χ2v) is 8.74. The van der Waals surface area contributed by atoms with Crippen LogP contribution in [0.15, 0.2) is 56.8 Å². The van der Waals surface area contributed by atoms with Crippen molar-refractivity contribution in [3.63, 3.8) is 0 Å². The third-order valence-corrected chi connectivity index (χ3v) is 6.00. The molecule has 1 aliphatic heterocycles. The number of rotatable bonds is 2. The number of carbonyl (C=O) groups is 1. The van der Waals surface area contributed by atoms with Crippen LogP contribution in [0.2, 0.25) is 15.1 Å². The molecule has 9 heteroatoms. The van der Waals surface area contributed by atoms with Gasteiger partial charge in [-0.05, 0) is 36.4 Å². The highest BCUT2D eigenvalue weighted by Crippen LogP contribution is 2.36. The average molecular weight is 469 g/mol. The smallest absolute Gasteiger partial charge is 0.270 e. The molecule has 0 spiro atoms. The molecule has 2 heterocycles. The SMILES string of the molecule is O=C1/C(=C\c2coc3c(Cl)cc(Cl)cc3c2=O)SC(=S)N1c1cccc(Cl)c1. The van der Waals surface area contributed by atoms with Crippen LogP contribution in [-0.2, 0) is 4.79 Å². The normalized spacial score (nSPS) is 15.8. The number of carbonyl (C=O) groups excluding carboxylic acids is 1. The first-order valence-corrected chi connectivity index (χ1v) is 10.1. The van der Waals surface area contributed by atoms with E-state index in [4.69, 9.17) is 51.4 Å². The number of thioether (sulfide) groups is 1. The van der Waals surface area contributed by atoms with E-state index in [1.54, 1.807) is 24.3 Å². The van der Waals surface area contributed by atoms with E-state index in [9.17, 15) is 9.59 Å². The predicted octanol–water partition coefficient (Wildman–Crippen LogP) is 6.16. The minimum atomic E-state index is -0.348. The summed E-state index contributed by atoms with van der Waals surface area (Å²) in [5.41, 5.74) is 0.637. The van der Waals surface area contributed by atoms with Crippen molar-refractivity contribution in [2.24, 2.45) is 0 Å². The zero-order valence-electron chi connectivity index (χ0n) is 13.7. The minimum absolute atomic E-state index is 0.192. The summed E-state index contributed by atoms with van der Waals surface area (Å²) in [6.45, 7) is 0. The first kappa shape index (κ1) is 19.5. The molecule has 0 saturated carbocycles. The lowest BCUT2D eigenvalue weighted by Gasteiger charge is -2.14. The van der Waals surface area contributed by atoms with Gasteiger partial charge in [0.1, 0.15) is 6.26 Å². The van der Waals surface area contributed by atoms with Gasteiger partial charge in [-0.2, -0.15) is 0 Å². The maximum absolute atomic E-state index is 12.8. The van der Waals surface area contributed by atoms with Crippen LogP contribution in [0.1, 0.15) is 5.56 Å². The fourth-order valence-electron chi connectivity index (χ4n) is 2.73. The Kier molecular flexibility index (Phi) is 5.24. The van der Waals surface area contributed by atoms with Crippen LogP contribution in [0.3, 0.4) is 0 Å². The molecule has 140 valence electrons.